The third-order valence-corrected chi connectivity index (χ3v) is 3.44. The first kappa shape index (κ1) is 16.4. The van der Waals surface area contributed by atoms with Crippen LogP contribution in [-0.4, -0.2) is 33.2 Å². The lowest BCUT2D eigenvalue weighted by Gasteiger charge is -2.34. The lowest BCUT2D eigenvalue weighted by atomic mass is 9.68. The van der Waals surface area contributed by atoms with E-state index in [1.807, 2.05) is 0 Å². The molecular weight excluding hydrogens is 276 g/mol. The van der Waals surface area contributed by atoms with Crippen LogP contribution in [0, 0.1) is 11.3 Å². The van der Waals surface area contributed by atoms with E-state index in [9.17, 15) is 24.6 Å². The average Bonchev–Trinajstić information content (AvgIpc) is 2.39. The third-order valence-electron chi connectivity index (χ3n) is 3.44. The SMILES string of the molecule is C=CCC1=C(C(=O)O)C(C(=O)O)C=CC1(CC=C)C(=O)O. The number of rotatable bonds is 7. The van der Waals surface area contributed by atoms with Crippen molar-refractivity contribution in [3.63, 3.8) is 0 Å². The van der Waals surface area contributed by atoms with Gasteiger partial charge in [-0.05, 0) is 18.4 Å². The van der Waals surface area contributed by atoms with Gasteiger partial charge in [-0.3, -0.25) is 9.59 Å². The van der Waals surface area contributed by atoms with Gasteiger partial charge in [0.15, 0.2) is 0 Å². The Bertz CT molecular complexity index is 569. The topological polar surface area (TPSA) is 112 Å². The molecule has 1 aliphatic carbocycles. The van der Waals surface area contributed by atoms with Crippen molar-refractivity contribution in [3.05, 3.63) is 48.6 Å². The van der Waals surface area contributed by atoms with Crippen LogP contribution >= 0.6 is 0 Å². The fourth-order valence-corrected chi connectivity index (χ4v) is 2.50. The first-order valence-electron chi connectivity index (χ1n) is 6.16. The molecule has 0 saturated carbocycles. The van der Waals surface area contributed by atoms with Crippen molar-refractivity contribution in [1.82, 2.24) is 0 Å². The lowest BCUT2D eigenvalue weighted by Crippen LogP contribution is -2.38. The second kappa shape index (κ2) is 6.21. The van der Waals surface area contributed by atoms with E-state index in [1.165, 1.54) is 18.2 Å². The average molecular weight is 292 g/mol. The summed E-state index contributed by atoms with van der Waals surface area (Å²) in [5.41, 5.74) is -2.00. The number of hydrogen-bond donors (Lipinski definition) is 3. The molecule has 0 amide bonds. The van der Waals surface area contributed by atoms with E-state index >= 15 is 0 Å². The molecule has 0 aromatic heterocycles. The maximum absolute atomic E-state index is 11.7. The fraction of sp³-hybridized carbons (Fsp3) is 0.267. The van der Waals surface area contributed by atoms with Crippen LogP contribution in [-0.2, 0) is 14.4 Å². The van der Waals surface area contributed by atoms with Gasteiger partial charge in [-0.1, -0.05) is 24.3 Å². The third kappa shape index (κ3) is 2.79. The van der Waals surface area contributed by atoms with E-state index in [0.717, 1.165) is 6.08 Å². The molecule has 0 aliphatic heterocycles. The molecule has 0 aromatic carbocycles. The molecule has 2 unspecified atom stereocenters. The van der Waals surface area contributed by atoms with Crippen LogP contribution in [0.1, 0.15) is 12.8 Å². The largest absolute Gasteiger partial charge is 0.481 e. The number of carboxylic acid groups (broad SMARTS) is 3. The summed E-state index contributed by atoms with van der Waals surface area (Å²) in [6.45, 7) is 6.98. The van der Waals surface area contributed by atoms with Crippen molar-refractivity contribution in [2.75, 3.05) is 0 Å². The van der Waals surface area contributed by atoms with Gasteiger partial charge in [0.05, 0.1) is 5.57 Å². The van der Waals surface area contributed by atoms with Crippen LogP contribution in [0.3, 0.4) is 0 Å². The molecule has 0 aromatic rings. The lowest BCUT2D eigenvalue weighted by molar-refractivity contribution is -0.146. The number of hydrogen-bond acceptors (Lipinski definition) is 3. The van der Waals surface area contributed by atoms with Crippen LogP contribution in [0.25, 0.3) is 0 Å². The van der Waals surface area contributed by atoms with Crippen molar-refractivity contribution in [3.8, 4) is 0 Å². The minimum absolute atomic E-state index is 0.0206. The molecule has 6 heteroatoms. The van der Waals surface area contributed by atoms with Gasteiger partial charge in [0, 0.05) is 0 Å². The molecule has 1 rings (SSSR count). The summed E-state index contributed by atoms with van der Waals surface area (Å²) in [6.07, 6.45) is 5.00. The normalized spacial score (nSPS) is 24.5. The molecule has 0 radical (unpaired) electrons. The van der Waals surface area contributed by atoms with Crippen molar-refractivity contribution >= 4 is 17.9 Å². The summed E-state index contributed by atoms with van der Waals surface area (Å²) < 4.78 is 0. The van der Waals surface area contributed by atoms with Gasteiger partial charge >= 0.3 is 17.9 Å². The van der Waals surface area contributed by atoms with E-state index in [-0.39, 0.29) is 18.4 Å². The second-order valence-electron chi connectivity index (χ2n) is 4.63. The first-order valence-corrected chi connectivity index (χ1v) is 6.16. The summed E-state index contributed by atoms with van der Waals surface area (Å²) >= 11 is 0. The quantitative estimate of drug-likeness (QED) is 0.617. The Morgan fingerprint density at radius 1 is 1.19 bits per heavy atom. The molecule has 0 spiro atoms. The zero-order valence-corrected chi connectivity index (χ0v) is 11.3. The van der Waals surface area contributed by atoms with E-state index < -0.39 is 34.8 Å². The highest BCUT2D eigenvalue weighted by Crippen LogP contribution is 2.44. The van der Waals surface area contributed by atoms with Gasteiger partial charge in [0.2, 0.25) is 0 Å². The molecule has 0 heterocycles. The number of carbonyl (C=O) groups is 3. The highest BCUT2D eigenvalue weighted by Gasteiger charge is 2.46. The molecule has 6 nitrogen and oxygen atoms in total. The Morgan fingerprint density at radius 2 is 1.81 bits per heavy atom. The summed E-state index contributed by atoms with van der Waals surface area (Å²) in [7, 11) is 0. The molecule has 0 saturated heterocycles. The number of allylic oxidation sites excluding steroid dienone is 2. The molecule has 2 atom stereocenters. The van der Waals surface area contributed by atoms with E-state index in [4.69, 9.17) is 5.11 Å². The standard InChI is InChI=1S/C15H16O6/c1-3-5-10-11(13(18)19)9(12(16)17)6-8-15(10,7-4-2)14(20)21/h3-4,6,8-9H,1-2,5,7H2,(H,16,17)(H,18,19)(H,20,21). The van der Waals surface area contributed by atoms with E-state index in [0.29, 0.717) is 0 Å². The van der Waals surface area contributed by atoms with Gasteiger partial charge in [-0.2, -0.15) is 0 Å². The molecule has 3 N–H and O–H groups in total. The number of aliphatic carboxylic acids is 3. The Hall–Kier alpha value is -2.63. The maximum Gasteiger partial charge on any atom is 0.332 e. The predicted molar refractivity (Wildman–Crippen MR) is 74.6 cm³/mol. The van der Waals surface area contributed by atoms with Crippen molar-refractivity contribution < 1.29 is 29.7 Å². The number of carboxylic acids is 3. The van der Waals surface area contributed by atoms with Crippen LogP contribution in [0.4, 0.5) is 0 Å². The maximum atomic E-state index is 11.7. The van der Waals surface area contributed by atoms with Crippen LogP contribution in [0.5, 0.6) is 0 Å². The Morgan fingerprint density at radius 3 is 2.19 bits per heavy atom. The van der Waals surface area contributed by atoms with Gasteiger partial charge in [-0.25, -0.2) is 4.79 Å². The minimum Gasteiger partial charge on any atom is -0.481 e. The van der Waals surface area contributed by atoms with Gasteiger partial charge in [0.25, 0.3) is 0 Å². The van der Waals surface area contributed by atoms with Crippen LogP contribution < -0.4 is 0 Å². The Labute approximate surface area is 121 Å². The van der Waals surface area contributed by atoms with Crippen LogP contribution in [0.2, 0.25) is 0 Å². The van der Waals surface area contributed by atoms with Crippen LogP contribution in [0.15, 0.2) is 48.6 Å². The first-order chi connectivity index (χ1) is 9.81. The summed E-state index contributed by atoms with van der Waals surface area (Å²) in [5, 5.41) is 28.0. The Kier molecular flexibility index (Phi) is 4.86. The smallest absolute Gasteiger partial charge is 0.332 e. The zero-order chi connectivity index (χ0) is 16.2. The van der Waals surface area contributed by atoms with Crippen molar-refractivity contribution in [1.29, 1.82) is 0 Å². The molecular formula is C15H16O6. The summed E-state index contributed by atoms with van der Waals surface area (Å²) in [5.74, 6) is -5.42. The summed E-state index contributed by atoms with van der Waals surface area (Å²) in [6, 6.07) is 0. The molecule has 0 fully saturated rings. The van der Waals surface area contributed by atoms with Crippen molar-refractivity contribution in [2.45, 2.75) is 12.8 Å². The highest BCUT2D eigenvalue weighted by molar-refractivity contribution is 5.99. The molecule has 21 heavy (non-hydrogen) atoms. The van der Waals surface area contributed by atoms with Gasteiger partial charge in [-0.15, -0.1) is 13.2 Å². The minimum atomic E-state index is -1.60. The van der Waals surface area contributed by atoms with E-state index in [2.05, 4.69) is 13.2 Å². The second-order valence-corrected chi connectivity index (χ2v) is 4.63. The monoisotopic (exact) mass is 292 g/mol. The Balaban J connectivity index is 3.68. The van der Waals surface area contributed by atoms with Gasteiger partial charge in [0.1, 0.15) is 11.3 Å². The van der Waals surface area contributed by atoms with Crippen molar-refractivity contribution in [2.24, 2.45) is 11.3 Å². The molecule has 0 bridgehead atoms. The zero-order valence-electron chi connectivity index (χ0n) is 11.3. The van der Waals surface area contributed by atoms with E-state index in [1.54, 1.807) is 0 Å². The molecule has 1 aliphatic rings. The predicted octanol–water partition coefficient (Wildman–Crippen LogP) is 1.86. The highest BCUT2D eigenvalue weighted by atomic mass is 16.4. The molecule has 112 valence electrons. The fourth-order valence-electron chi connectivity index (χ4n) is 2.50. The summed E-state index contributed by atoms with van der Waals surface area (Å²) in [4.78, 5) is 34.4. The van der Waals surface area contributed by atoms with Gasteiger partial charge < -0.3 is 15.3 Å².